The summed E-state index contributed by atoms with van der Waals surface area (Å²) in [5, 5.41) is 0. The van der Waals surface area contributed by atoms with E-state index >= 15 is 0 Å². The van der Waals surface area contributed by atoms with Crippen molar-refractivity contribution in [1.29, 1.82) is 0 Å². The molecule has 3 nitrogen and oxygen atoms in total. The van der Waals surface area contributed by atoms with Gasteiger partial charge in [0.15, 0.2) is 8.46 Å². The van der Waals surface area contributed by atoms with Crippen LogP contribution in [0, 0.1) is 0 Å². The van der Waals surface area contributed by atoms with E-state index in [0.717, 1.165) is 22.3 Å². The highest BCUT2D eigenvalue weighted by atomic mass is 31.1. The summed E-state index contributed by atoms with van der Waals surface area (Å²) in [6, 6.07) is 25.7. The number of hydrogen-bond acceptors (Lipinski definition) is 3. The summed E-state index contributed by atoms with van der Waals surface area (Å²) < 4.78 is 23.6. The third kappa shape index (κ3) is 2.91. The highest BCUT2D eigenvalue weighted by Gasteiger charge is 2.34. The van der Waals surface area contributed by atoms with Crippen molar-refractivity contribution in [2.75, 3.05) is 7.11 Å². The quantitative estimate of drug-likeness (QED) is 0.545. The molecule has 0 aromatic heterocycles. The molecule has 0 spiro atoms. The van der Waals surface area contributed by atoms with Gasteiger partial charge in [-0.05, 0) is 17.2 Å². The Kier molecular flexibility index (Phi) is 4.55. The van der Waals surface area contributed by atoms with Crippen molar-refractivity contribution in [2.24, 2.45) is 0 Å². The van der Waals surface area contributed by atoms with Crippen LogP contribution in [0.15, 0.2) is 84.6 Å². The van der Waals surface area contributed by atoms with Gasteiger partial charge in [0, 0.05) is 17.2 Å². The molecule has 128 valence electrons. The lowest BCUT2D eigenvalue weighted by Crippen LogP contribution is -2.00. The SMILES string of the molecule is COc1ccc2c(c1)OC(=C(c1ccccc1)c1ccccc1)C2P=O. The maximum absolute atomic E-state index is 12.1. The normalized spacial score (nSPS) is 15.4. The van der Waals surface area contributed by atoms with E-state index in [2.05, 4.69) is 0 Å². The van der Waals surface area contributed by atoms with Crippen LogP contribution in [0.4, 0.5) is 0 Å². The Labute approximate surface area is 154 Å². The zero-order valence-electron chi connectivity index (χ0n) is 14.3. The van der Waals surface area contributed by atoms with E-state index in [-0.39, 0.29) is 14.1 Å². The standard InChI is InChI=1S/C22H17O3P/c1-24-17-12-13-18-19(14-17)25-21(22(18)26-23)20(15-8-4-2-5-9-15)16-10-6-3-7-11-16/h2-14,22H,1H3. The van der Waals surface area contributed by atoms with E-state index in [9.17, 15) is 4.57 Å². The van der Waals surface area contributed by atoms with Gasteiger partial charge in [0.05, 0.1) is 7.11 Å². The molecule has 3 aromatic rings. The molecule has 0 radical (unpaired) electrons. The first kappa shape index (κ1) is 16.6. The molecule has 0 N–H and O–H groups in total. The van der Waals surface area contributed by atoms with Gasteiger partial charge in [-0.15, -0.1) is 0 Å². The predicted octanol–water partition coefficient (Wildman–Crippen LogP) is 5.88. The number of hydrogen-bond donors (Lipinski definition) is 0. The van der Waals surface area contributed by atoms with Crippen molar-refractivity contribution in [2.45, 2.75) is 5.66 Å². The van der Waals surface area contributed by atoms with Crippen LogP contribution in [0.25, 0.3) is 5.57 Å². The molecule has 1 aliphatic heterocycles. The van der Waals surface area contributed by atoms with Crippen LogP contribution >= 0.6 is 8.46 Å². The lowest BCUT2D eigenvalue weighted by molar-refractivity contribution is 0.406. The van der Waals surface area contributed by atoms with Crippen LogP contribution < -0.4 is 9.47 Å². The summed E-state index contributed by atoms with van der Waals surface area (Å²) in [6.45, 7) is 0. The van der Waals surface area contributed by atoms with Crippen molar-refractivity contribution in [1.82, 2.24) is 0 Å². The second-order valence-electron chi connectivity index (χ2n) is 5.99. The van der Waals surface area contributed by atoms with Gasteiger partial charge in [-0.3, -0.25) is 4.57 Å². The van der Waals surface area contributed by atoms with Crippen molar-refractivity contribution in [3.63, 3.8) is 0 Å². The molecule has 1 atom stereocenters. The minimum absolute atomic E-state index is 0.00285. The van der Waals surface area contributed by atoms with Crippen molar-refractivity contribution < 1.29 is 14.0 Å². The molecule has 3 aromatic carbocycles. The van der Waals surface area contributed by atoms with E-state index in [0.29, 0.717) is 17.3 Å². The van der Waals surface area contributed by atoms with Crippen LogP contribution in [-0.4, -0.2) is 7.11 Å². The first-order valence-electron chi connectivity index (χ1n) is 8.35. The van der Waals surface area contributed by atoms with Crippen LogP contribution in [0.2, 0.25) is 0 Å². The van der Waals surface area contributed by atoms with E-state index in [1.54, 1.807) is 7.11 Å². The summed E-state index contributed by atoms with van der Waals surface area (Å²) in [7, 11) is 1.62. The lowest BCUT2D eigenvalue weighted by Gasteiger charge is -2.14. The van der Waals surface area contributed by atoms with Crippen LogP contribution in [0.1, 0.15) is 22.3 Å². The first-order chi connectivity index (χ1) is 12.8. The van der Waals surface area contributed by atoms with Gasteiger partial charge < -0.3 is 9.47 Å². The molecule has 0 aliphatic carbocycles. The number of rotatable bonds is 4. The minimum atomic E-state index is -0.341. The molecule has 0 saturated carbocycles. The molecule has 1 unspecified atom stereocenters. The Bertz CT molecular complexity index is 924. The fourth-order valence-corrected chi connectivity index (χ4v) is 3.83. The summed E-state index contributed by atoms with van der Waals surface area (Å²) in [5.74, 6) is 2.10. The molecule has 26 heavy (non-hydrogen) atoms. The molecule has 1 aliphatic rings. The second-order valence-corrected chi connectivity index (χ2v) is 6.71. The Morgan fingerprint density at radius 2 is 1.54 bits per heavy atom. The number of methoxy groups -OCH3 is 1. The summed E-state index contributed by atoms with van der Waals surface area (Å²) in [6.07, 6.45) is 0. The zero-order chi connectivity index (χ0) is 17.9. The Balaban J connectivity index is 1.94. The average molecular weight is 360 g/mol. The third-order valence-electron chi connectivity index (χ3n) is 4.46. The molecular formula is C22H17O3P. The summed E-state index contributed by atoms with van der Waals surface area (Å²) in [5.41, 5.74) is 3.58. The molecule has 0 bridgehead atoms. The highest BCUT2D eigenvalue weighted by molar-refractivity contribution is 7.24. The minimum Gasteiger partial charge on any atom is -0.497 e. The van der Waals surface area contributed by atoms with E-state index in [1.165, 1.54) is 0 Å². The number of benzene rings is 3. The van der Waals surface area contributed by atoms with Gasteiger partial charge in [0.1, 0.15) is 22.9 Å². The van der Waals surface area contributed by atoms with E-state index in [1.807, 2.05) is 78.9 Å². The smallest absolute Gasteiger partial charge is 0.171 e. The van der Waals surface area contributed by atoms with Crippen molar-refractivity contribution >= 4 is 14.0 Å². The molecule has 0 fully saturated rings. The number of fused-ring (bicyclic) bond motifs is 1. The predicted molar refractivity (Wildman–Crippen MR) is 103 cm³/mol. The van der Waals surface area contributed by atoms with Crippen LogP contribution in [0.3, 0.4) is 0 Å². The summed E-state index contributed by atoms with van der Waals surface area (Å²) >= 11 is 0. The van der Waals surface area contributed by atoms with E-state index < -0.39 is 0 Å². The van der Waals surface area contributed by atoms with Crippen molar-refractivity contribution in [3.05, 3.63) is 101 Å². The van der Waals surface area contributed by atoms with Gasteiger partial charge in [-0.1, -0.05) is 66.7 Å². The molecule has 0 saturated heterocycles. The molecule has 4 heteroatoms. The number of allylic oxidation sites excluding steroid dienone is 1. The molecule has 0 amide bonds. The average Bonchev–Trinajstić information content (AvgIpc) is 3.07. The lowest BCUT2D eigenvalue weighted by atomic mass is 9.95. The van der Waals surface area contributed by atoms with Crippen molar-refractivity contribution in [3.8, 4) is 11.5 Å². The Morgan fingerprint density at radius 3 is 2.08 bits per heavy atom. The zero-order valence-corrected chi connectivity index (χ0v) is 15.1. The Morgan fingerprint density at radius 1 is 0.923 bits per heavy atom. The van der Waals surface area contributed by atoms with Gasteiger partial charge >= 0.3 is 0 Å². The summed E-state index contributed by atoms with van der Waals surface area (Å²) in [4.78, 5) is 0. The van der Waals surface area contributed by atoms with Crippen LogP contribution in [-0.2, 0) is 4.57 Å². The highest BCUT2D eigenvalue weighted by Crippen LogP contribution is 2.51. The number of ether oxygens (including phenoxy) is 2. The van der Waals surface area contributed by atoms with E-state index in [4.69, 9.17) is 9.47 Å². The first-order valence-corrected chi connectivity index (χ1v) is 9.23. The van der Waals surface area contributed by atoms with Gasteiger partial charge in [0.2, 0.25) is 0 Å². The topological polar surface area (TPSA) is 35.5 Å². The van der Waals surface area contributed by atoms with Crippen LogP contribution in [0.5, 0.6) is 11.5 Å². The monoisotopic (exact) mass is 360 g/mol. The molecular weight excluding hydrogens is 343 g/mol. The second kappa shape index (κ2) is 7.15. The largest absolute Gasteiger partial charge is 0.497 e. The molecule has 4 rings (SSSR count). The fraction of sp³-hybridized carbons (Fsp3) is 0.0909. The third-order valence-corrected chi connectivity index (χ3v) is 5.18. The molecule has 1 heterocycles. The van der Waals surface area contributed by atoms with Gasteiger partial charge in [0.25, 0.3) is 0 Å². The van der Waals surface area contributed by atoms with Gasteiger partial charge in [-0.25, -0.2) is 0 Å². The fourth-order valence-electron chi connectivity index (χ4n) is 3.22. The Hall–Kier alpha value is -2.90. The maximum atomic E-state index is 12.1. The maximum Gasteiger partial charge on any atom is 0.171 e. The van der Waals surface area contributed by atoms with Gasteiger partial charge in [-0.2, -0.15) is 0 Å².